The minimum Gasteiger partial charge on any atom is -0.465 e. The topological polar surface area (TPSA) is 143 Å². The van der Waals surface area contributed by atoms with Crippen molar-refractivity contribution in [2.24, 2.45) is 0 Å². The summed E-state index contributed by atoms with van der Waals surface area (Å²) in [6.45, 7) is 1.63. The molecule has 1 atom stereocenters. The molecule has 0 saturated heterocycles. The number of halogens is 1. The molecule has 0 saturated carbocycles. The lowest BCUT2D eigenvalue weighted by Gasteiger charge is -2.18. The molecule has 286 valence electrons. The number of thiophene rings is 1. The first-order chi connectivity index (χ1) is 27.6. The molecule has 6 aromatic rings. The van der Waals surface area contributed by atoms with Crippen LogP contribution in [0, 0.1) is 6.92 Å². The second-order valence-corrected chi connectivity index (χ2v) is 15.0. The van der Waals surface area contributed by atoms with E-state index in [1.54, 1.807) is 110 Å². The first-order valence-electron chi connectivity index (χ1n) is 17.4. The molecular weight excluding hydrogens is 780 g/mol. The van der Waals surface area contributed by atoms with Crippen LogP contribution in [0.5, 0.6) is 0 Å². The second-order valence-electron chi connectivity index (χ2n) is 12.4. The molecule has 0 radical (unpaired) electrons. The summed E-state index contributed by atoms with van der Waals surface area (Å²) in [5.41, 5.74) is 3.04. The predicted molar refractivity (Wildman–Crippen MR) is 227 cm³/mol. The molecule has 0 aliphatic rings. The Labute approximate surface area is 342 Å². The van der Waals surface area contributed by atoms with Gasteiger partial charge < -0.3 is 26.0 Å². The van der Waals surface area contributed by atoms with Gasteiger partial charge in [-0.05, 0) is 84.3 Å². The molecule has 13 heteroatoms. The van der Waals surface area contributed by atoms with Crippen LogP contribution in [0.3, 0.4) is 0 Å². The fourth-order valence-corrected chi connectivity index (χ4v) is 8.02. The van der Waals surface area contributed by atoms with Gasteiger partial charge in [0.15, 0.2) is 0 Å². The van der Waals surface area contributed by atoms with Crippen LogP contribution >= 0.6 is 34.7 Å². The minimum atomic E-state index is -0.838. The Bertz CT molecular complexity index is 2460. The number of nitrogens with one attached hydrogen (secondary N) is 4. The van der Waals surface area contributed by atoms with Crippen LogP contribution < -0.4 is 21.3 Å². The van der Waals surface area contributed by atoms with Crippen molar-refractivity contribution in [3.63, 3.8) is 0 Å². The minimum absolute atomic E-state index is 0.0183. The molecule has 0 bridgehead atoms. The number of thioether (sulfide) groups is 1. The molecule has 0 aliphatic carbocycles. The Morgan fingerprint density at radius 1 is 0.719 bits per heavy atom. The van der Waals surface area contributed by atoms with Crippen LogP contribution in [0.4, 0.5) is 16.4 Å². The molecule has 0 fully saturated rings. The highest BCUT2D eigenvalue weighted by Gasteiger charge is 2.30. The third-order valence-corrected chi connectivity index (χ3v) is 11.1. The molecular formula is C44H35ClN4O6S2. The average Bonchev–Trinajstić information content (AvgIpc) is 3.55. The van der Waals surface area contributed by atoms with E-state index in [4.69, 9.17) is 16.3 Å². The number of benzene rings is 5. The lowest BCUT2D eigenvalue weighted by Crippen LogP contribution is -2.30. The molecule has 4 amide bonds. The van der Waals surface area contributed by atoms with Crippen LogP contribution in [0.25, 0.3) is 6.08 Å². The summed E-state index contributed by atoms with van der Waals surface area (Å²) in [4.78, 5) is 68.3. The zero-order valence-electron chi connectivity index (χ0n) is 30.6. The summed E-state index contributed by atoms with van der Waals surface area (Å²) < 4.78 is 5.05. The van der Waals surface area contributed by atoms with Crippen LogP contribution in [0.1, 0.15) is 52.3 Å². The Morgan fingerprint density at radius 2 is 1.37 bits per heavy atom. The second kappa shape index (κ2) is 18.9. The van der Waals surface area contributed by atoms with Crippen molar-refractivity contribution in [2.45, 2.75) is 17.1 Å². The maximum Gasteiger partial charge on any atom is 0.341 e. The smallest absolute Gasteiger partial charge is 0.341 e. The van der Waals surface area contributed by atoms with Crippen LogP contribution in [-0.4, -0.2) is 36.7 Å². The van der Waals surface area contributed by atoms with E-state index in [1.807, 2.05) is 36.4 Å². The summed E-state index contributed by atoms with van der Waals surface area (Å²) in [5.74, 6) is -2.66. The SMILES string of the molecule is COC(=O)c1c(NC(=O)C(Sc2cccc(NC(=O)/C(=C/c3cccc(Cl)c3)NC(=O)c3ccccc3)c2)c2ccccc2)sc(C(=O)Nc2ccccc2)c1C. The van der Waals surface area contributed by atoms with Gasteiger partial charge in [-0.15, -0.1) is 23.1 Å². The van der Waals surface area contributed by atoms with Crippen molar-refractivity contribution in [1.29, 1.82) is 0 Å². The fourth-order valence-electron chi connectivity index (χ4n) is 5.64. The van der Waals surface area contributed by atoms with Crippen molar-refractivity contribution >= 4 is 86.7 Å². The number of hydrogen-bond donors (Lipinski definition) is 4. The van der Waals surface area contributed by atoms with Gasteiger partial charge in [0.25, 0.3) is 17.7 Å². The molecule has 5 aromatic carbocycles. The number of amides is 4. The van der Waals surface area contributed by atoms with Crippen molar-refractivity contribution in [2.75, 3.05) is 23.1 Å². The van der Waals surface area contributed by atoms with E-state index in [1.165, 1.54) is 24.9 Å². The average molecular weight is 815 g/mol. The van der Waals surface area contributed by atoms with Gasteiger partial charge in [-0.2, -0.15) is 0 Å². The van der Waals surface area contributed by atoms with Gasteiger partial charge in [-0.25, -0.2) is 4.79 Å². The summed E-state index contributed by atoms with van der Waals surface area (Å²) in [6.07, 6.45) is 1.53. The number of carbonyl (C=O) groups excluding carboxylic acids is 5. The highest BCUT2D eigenvalue weighted by Crippen LogP contribution is 2.40. The fraction of sp³-hybridized carbons (Fsp3) is 0.0682. The number of carbonyl (C=O) groups is 5. The van der Waals surface area contributed by atoms with E-state index >= 15 is 0 Å². The maximum absolute atomic E-state index is 14.2. The number of anilines is 3. The molecule has 1 heterocycles. The van der Waals surface area contributed by atoms with Crippen LogP contribution in [-0.2, 0) is 14.3 Å². The molecule has 57 heavy (non-hydrogen) atoms. The highest BCUT2D eigenvalue weighted by atomic mass is 35.5. The van der Waals surface area contributed by atoms with E-state index in [0.29, 0.717) is 43.5 Å². The first kappa shape index (κ1) is 40.2. The van der Waals surface area contributed by atoms with E-state index in [0.717, 1.165) is 11.3 Å². The van der Waals surface area contributed by atoms with Gasteiger partial charge in [0.1, 0.15) is 15.9 Å². The summed E-state index contributed by atoms with van der Waals surface area (Å²) in [6, 6.07) is 40.3. The molecule has 4 N–H and O–H groups in total. The number of para-hydroxylation sites is 1. The van der Waals surface area contributed by atoms with E-state index < -0.39 is 34.8 Å². The van der Waals surface area contributed by atoms with Gasteiger partial charge in [0.2, 0.25) is 5.91 Å². The van der Waals surface area contributed by atoms with Gasteiger partial charge >= 0.3 is 5.97 Å². The lowest BCUT2D eigenvalue weighted by atomic mass is 10.1. The van der Waals surface area contributed by atoms with Gasteiger partial charge in [0, 0.05) is 26.9 Å². The van der Waals surface area contributed by atoms with Crippen LogP contribution in [0.2, 0.25) is 5.02 Å². The zero-order valence-corrected chi connectivity index (χ0v) is 33.0. The molecule has 0 aliphatic heterocycles. The number of ether oxygens (including phenoxy) is 1. The number of hydrogen-bond acceptors (Lipinski definition) is 8. The van der Waals surface area contributed by atoms with E-state index in [2.05, 4.69) is 21.3 Å². The summed E-state index contributed by atoms with van der Waals surface area (Å²) in [5, 5.41) is 11.1. The quantitative estimate of drug-likeness (QED) is 0.0517. The third-order valence-electron chi connectivity index (χ3n) is 8.39. The van der Waals surface area contributed by atoms with E-state index in [9.17, 15) is 24.0 Å². The Morgan fingerprint density at radius 3 is 2.05 bits per heavy atom. The molecule has 0 spiro atoms. The monoisotopic (exact) mass is 814 g/mol. The number of esters is 1. The predicted octanol–water partition coefficient (Wildman–Crippen LogP) is 9.63. The summed E-state index contributed by atoms with van der Waals surface area (Å²) >= 11 is 8.39. The van der Waals surface area contributed by atoms with Crippen molar-refractivity contribution in [1.82, 2.24) is 5.32 Å². The highest BCUT2D eigenvalue weighted by molar-refractivity contribution is 8.00. The Kier molecular flexibility index (Phi) is 13.3. The Balaban J connectivity index is 1.25. The number of methoxy groups -OCH3 is 1. The lowest BCUT2D eigenvalue weighted by molar-refractivity contribution is -0.116. The molecule has 10 nitrogen and oxygen atoms in total. The van der Waals surface area contributed by atoms with Gasteiger partial charge in [0.05, 0.1) is 17.6 Å². The van der Waals surface area contributed by atoms with Crippen LogP contribution in [0.15, 0.2) is 150 Å². The third kappa shape index (κ3) is 10.4. The van der Waals surface area contributed by atoms with E-state index in [-0.39, 0.29) is 21.1 Å². The van der Waals surface area contributed by atoms with Gasteiger partial charge in [-0.1, -0.05) is 96.5 Å². The van der Waals surface area contributed by atoms with Gasteiger partial charge in [-0.3, -0.25) is 19.2 Å². The molecule has 1 unspecified atom stereocenters. The standard InChI is InChI=1S/C44H35ClN4O6S2/c1-27-36(44(54)55-2)43(57-37(27)41(52)46-32-20-10-5-11-21-32)49-42(53)38(29-15-6-3-7-16-29)56-34-23-13-22-33(26-34)47-40(51)35(25-28-14-12-19-31(45)24-28)48-39(50)30-17-8-4-9-18-30/h3-26,38H,1-2H3,(H,46,52)(H,47,51)(H,48,50)(H,49,53)/b35-25-. The Hall–Kier alpha value is -6.47. The largest absolute Gasteiger partial charge is 0.465 e. The van der Waals surface area contributed by atoms with Crippen molar-refractivity contribution < 1.29 is 28.7 Å². The maximum atomic E-state index is 14.2. The number of rotatable bonds is 13. The molecule has 1 aromatic heterocycles. The summed E-state index contributed by atoms with van der Waals surface area (Å²) in [7, 11) is 1.23. The van der Waals surface area contributed by atoms with Crippen molar-refractivity contribution in [3.05, 3.63) is 183 Å². The molecule has 6 rings (SSSR count). The van der Waals surface area contributed by atoms with Crippen molar-refractivity contribution in [3.8, 4) is 0 Å². The first-order valence-corrected chi connectivity index (χ1v) is 19.5. The normalized spacial score (nSPS) is 11.5. The zero-order chi connectivity index (χ0) is 40.3.